The molecule has 0 atom stereocenters. The van der Waals surface area contributed by atoms with E-state index in [4.69, 9.17) is 9.47 Å². The minimum atomic E-state index is -0.263. The van der Waals surface area contributed by atoms with Crippen LogP contribution in [0.5, 0.6) is 11.5 Å². The second kappa shape index (κ2) is 4.29. The Morgan fingerprint density at radius 2 is 1.95 bits per heavy atom. The van der Waals surface area contributed by atoms with Gasteiger partial charge in [-0.3, -0.25) is 0 Å². The normalized spacial score (nSPS) is 15.8. The van der Waals surface area contributed by atoms with Gasteiger partial charge in [-0.05, 0) is 56.7 Å². The van der Waals surface area contributed by atoms with Crippen LogP contribution in [0.15, 0.2) is 30.3 Å². The summed E-state index contributed by atoms with van der Waals surface area (Å²) in [5, 5.41) is 2.43. The Balaban J connectivity index is 2.07. The van der Waals surface area contributed by atoms with Crippen molar-refractivity contribution in [2.75, 3.05) is 7.11 Å². The fourth-order valence-electron chi connectivity index (χ4n) is 3.17. The van der Waals surface area contributed by atoms with Crippen molar-refractivity contribution in [3.8, 4) is 11.5 Å². The second-order valence-corrected chi connectivity index (χ2v) is 6.43. The average molecular weight is 293 g/mol. The quantitative estimate of drug-likeness (QED) is 0.698. The van der Waals surface area contributed by atoms with Gasteiger partial charge in [0.15, 0.2) is 0 Å². The minimum absolute atomic E-state index is 0.263. The maximum absolute atomic E-state index is 6.17. The molecule has 0 saturated heterocycles. The summed E-state index contributed by atoms with van der Waals surface area (Å²) in [7, 11) is 1.69. The van der Waals surface area contributed by atoms with E-state index in [0.29, 0.717) is 0 Å². The summed E-state index contributed by atoms with van der Waals surface area (Å²) in [4.78, 5) is 3.52. The molecule has 1 aliphatic rings. The van der Waals surface area contributed by atoms with Crippen molar-refractivity contribution in [3.05, 3.63) is 41.5 Å². The van der Waals surface area contributed by atoms with Crippen LogP contribution >= 0.6 is 0 Å². The van der Waals surface area contributed by atoms with E-state index >= 15 is 0 Å². The Kier molecular flexibility index (Phi) is 2.59. The predicted molar refractivity (Wildman–Crippen MR) is 90.8 cm³/mol. The molecule has 2 aromatic carbocycles. The maximum atomic E-state index is 6.17. The van der Waals surface area contributed by atoms with Gasteiger partial charge in [-0.25, -0.2) is 0 Å². The first-order chi connectivity index (χ1) is 10.5. The maximum Gasteiger partial charge on any atom is 0.132 e. The standard InChI is InChI=1S/C19H19NO2/c1-11-9-15-13-6-5-12(21-4)10-16(13)20-17(15)14-7-8-19(2,3)22-18(11)14/h5-10,20H,1-4H3. The Bertz CT molecular complexity index is 932. The van der Waals surface area contributed by atoms with E-state index in [2.05, 4.69) is 50.0 Å². The third-order valence-corrected chi connectivity index (χ3v) is 4.30. The largest absolute Gasteiger partial charge is 0.497 e. The Labute approximate surface area is 129 Å². The van der Waals surface area contributed by atoms with Crippen LogP contribution in [0.3, 0.4) is 0 Å². The molecule has 2 heterocycles. The van der Waals surface area contributed by atoms with Gasteiger partial charge in [0.05, 0.1) is 18.1 Å². The molecule has 1 N–H and O–H groups in total. The molecule has 3 nitrogen and oxygen atoms in total. The summed E-state index contributed by atoms with van der Waals surface area (Å²) in [5.41, 5.74) is 4.23. The van der Waals surface area contributed by atoms with Crippen LogP contribution in [0.25, 0.3) is 27.9 Å². The van der Waals surface area contributed by atoms with E-state index in [1.54, 1.807) is 7.11 Å². The lowest BCUT2D eigenvalue weighted by Crippen LogP contribution is -2.28. The lowest BCUT2D eigenvalue weighted by atomic mass is 9.97. The summed E-state index contributed by atoms with van der Waals surface area (Å²) in [6, 6.07) is 8.35. The van der Waals surface area contributed by atoms with Crippen LogP contribution in [0.1, 0.15) is 25.0 Å². The van der Waals surface area contributed by atoms with Crippen LogP contribution in [-0.2, 0) is 0 Å². The predicted octanol–water partition coefficient (Wildman–Crippen LogP) is 4.82. The fraction of sp³-hybridized carbons (Fsp3) is 0.263. The molecule has 0 radical (unpaired) electrons. The fourth-order valence-corrected chi connectivity index (χ4v) is 3.17. The van der Waals surface area contributed by atoms with Gasteiger partial charge < -0.3 is 14.5 Å². The number of fused-ring (bicyclic) bond motifs is 5. The first-order valence-corrected chi connectivity index (χ1v) is 7.50. The summed E-state index contributed by atoms with van der Waals surface area (Å²) in [6.45, 7) is 6.26. The van der Waals surface area contributed by atoms with Crippen molar-refractivity contribution in [2.45, 2.75) is 26.4 Å². The molecule has 0 amide bonds. The molecule has 22 heavy (non-hydrogen) atoms. The highest BCUT2D eigenvalue weighted by Crippen LogP contribution is 2.41. The lowest BCUT2D eigenvalue weighted by molar-refractivity contribution is 0.158. The Morgan fingerprint density at radius 1 is 1.14 bits per heavy atom. The Morgan fingerprint density at radius 3 is 2.73 bits per heavy atom. The number of aryl methyl sites for hydroxylation is 1. The van der Waals surface area contributed by atoms with Crippen LogP contribution in [0, 0.1) is 6.92 Å². The monoisotopic (exact) mass is 293 g/mol. The van der Waals surface area contributed by atoms with Crippen LogP contribution in [0.2, 0.25) is 0 Å². The van der Waals surface area contributed by atoms with Crippen LogP contribution < -0.4 is 9.47 Å². The molecule has 3 aromatic rings. The highest BCUT2D eigenvalue weighted by Gasteiger charge is 2.25. The molecule has 0 fully saturated rings. The van der Waals surface area contributed by atoms with E-state index in [0.717, 1.165) is 33.7 Å². The number of ether oxygens (including phenoxy) is 2. The van der Waals surface area contributed by atoms with Gasteiger partial charge in [-0.15, -0.1) is 0 Å². The van der Waals surface area contributed by atoms with Crippen LogP contribution in [-0.4, -0.2) is 17.7 Å². The molecular weight excluding hydrogens is 274 g/mol. The van der Waals surface area contributed by atoms with Gasteiger partial charge in [0.2, 0.25) is 0 Å². The lowest BCUT2D eigenvalue weighted by Gasteiger charge is -2.29. The van der Waals surface area contributed by atoms with Gasteiger partial charge >= 0.3 is 0 Å². The van der Waals surface area contributed by atoms with Crippen molar-refractivity contribution in [2.24, 2.45) is 0 Å². The first-order valence-electron chi connectivity index (χ1n) is 7.50. The van der Waals surface area contributed by atoms with E-state index in [9.17, 15) is 0 Å². The zero-order chi connectivity index (χ0) is 15.5. The number of benzene rings is 2. The van der Waals surface area contributed by atoms with Gasteiger partial charge in [0.1, 0.15) is 17.1 Å². The third kappa shape index (κ3) is 1.82. The summed E-state index contributed by atoms with van der Waals surface area (Å²) >= 11 is 0. The number of hydrogen-bond donors (Lipinski definition) is 1. The van der Waals surface area contributed by atoms with Gasteiger partial charge in [0.25, 0.3) is 0 Å². The SMILES string of the molecule is COc1ccc2c(c1)[nH]c1c3c(c(C)cc12)OC(C)(C)C=C3. The zero-order valence-corrected chi connectivity index (χ0v) is 13.3. The van der Waals surface area contributed by atoms with Crippen molar-refractivity contribution in [1.29, 1.82) is 0 Å². The minimum Gasteiger partial charge on any atom is -0.497 e. The smallest absolute Gasteiger partial charge is 0.132 e. The average Bonchev–Trinajstić information content (AvgIpc) is 2.84. The van der Waals surface area contributed by atoms with E-state index in [1.807, 2.05) is 12.1 Å². The molecule has 0 saturated carbocycles. The van der Waals surface area contributed by atoms with Gasteiger partial charge in [-0.1, -0.05) is 0 Å². The number of rotatable bonds is 1. The van der Waals surface area contributed by atoms with E-state index in [-0.39, 0.29) is 5.60 Å². The van der Waals surface area contributed by atoms with Gasteiger partial charge in [-0.2, -0.15) is 0 Å². The molecule has 0 aliphatic carbocycles. The molecule has 1 aromatic heterocycles. The first kappa shape index (κ1) is 13.3. The highest BCUT2D eigenvalue weighted by molar-refractivity contribution is 6.11. The summed E-state index contributed by atoms with van der Waals surface area (Å²) in [5.74, 6) is 1.83. The van der Waals surface area contributed by atoms with E-state index < -0.39 is 0 Å². The molecular formula is C19H19NO2. The molecule has 0 unspecified atom stereocenters. The number of aromatic nitrogens is 1. The highest BCUT2D eigenvalue weighted by atomic mass is 16.5. The summed E-state index contributed by atoms with van der Waals surface area (Å²) in [6.07, 6.45) is 4.28. The topological polar surface area (TPSA) is 34.2 Å². The zero-order valence-electron chi connectivity index (χ0n) is 13.3. The molecule has 1 aliphatic heterocycles. The molecule has 0 bridgehead atoms. The van der Waals surface area contributed by atoms with Crippen LogP contribution in [0.4, 0.5) is 0 Å². The number of nitrogens with one attached hydrogen (secondary N) is 1. The number of H-pyrrole nitrogens is 1. The van der Waals surface area contributed by atoms with Crippen molar-refractivity contribution in [3.63, 3.8) is 0 Å². The second-order valence-electron chi connectivity index (χ2n) is 6.43. The molecule has 112 valence electrons. The number of aromatic amines is 1. The van der Waals surface area contributed by atoms with E-state index in [1.165, 1.54) is 10.8 Å². The molecule has 3 heteroatoms. The molecule has 4 rings (SSSR count). The van der Waals surface area contributed by atoms with Crippen molar-refractivity contribution < 1.29 is 9.47 Å². The Hall–Kier alpha value is -2.42. The number of methoxy groups -OCH3 is 1. The third-order valence-electron chi connectivity index (χ3n) is 4.30. The van der Waals surface area contributed by atoms with Gasteiger partial charge in [0, 0.05) is 22.4 Å². The number of hydrogen-bond acceptors (Lipinski definition) is 2. The van der Waals surface area contributed by atoms with Crippen molar-refractivity contribution in [1.82, 2.24) is 4.98 Å². The van der Waals surface area contributed by atoms with Crippen molar-refractivity contribution >= 4 is 27.9 Å². The molecule has 0 spiro atoms. The summed E-state index contributed by atoms with van der Waals surface area (Å²) < 4.78 is 11.5.